The van der Waals surface area contributed by atoms with Crippen LogP contribution in [0.1, 0.15) is 66.2 Å². The second-order valence-electron chi connectivity index (χ2n) is 11.6. The summed E-state index contributed by atoms with van der Waals surface area (Å²) in [4.78, 5) is 12.0. The fourth-order valence-corrected chi connectivity index (χ4v) is 7.96. The van der Waals surface area contributed by atoms with Crippen LogP contribution >= 0.6 is 0 Å². The summed E-state index contributed by atoms with van der Waals surface area (Å²) in [7, 11) is 0. The van der Waals surface area contributed by atoms with E-state index < -0.39 is 17.1 Å². The van der Waals surface area contributed by atoms with Gasteiger partial charge in [-0.05, 0) is 81.3 Å². The quantitative estimate of drug-likeness (QED) is 0.573. The van der Waals surface area contributed by atoms with Crippen LogP contribution in [0.2, 0.25) is 0 Å². The number of aliphatic hydroxyl groups excluding tert-OH is 2. The highest BCUT2D eigenvalue weighted by Gasteiger charge is 2.65. The molecule has 0 aromatic carbocycles. The number of carbonyl (C=O) groups is 1. The maximum atomic E-state index is 12.0. The average molecular weight is 429 g/mol. The number of carbonyl (C=O) groups excluding carboxylic acids is 1. The Morgan fingerprint density at radius 3 is 2.71 bits per heavy atom. The fourth-order valence-electron chi connectivity index (χ4n) is 7.96. The van der Waals surface area contributed by atoms with Gasteiger partial charge in [0.1, 0.15) is 0 Å². The maximum Gasteiger partial charge on any atom is 0.178 e. The number of ketones is 1. The summed E-state index contributed by atoms with van der Waals surface area (Å²) < 4.78 is 0. The lowest BCUT2D eigenvalue weighted by Gasteiger charge is -2.58. The van der Waals surface area contributed by atoms with Crippen molar-refractivity contribution in [3.05, 3.63) is 36.0 Å². The van der Waals surface area contributed by atoms with Crippen molar-refractivity contribution in [2.45, 2.75) is 77.9 Å². The molecule has 4 aliphatic carbocycles. The normalized spacial score (nSPS) is 44.1. The minimum Gasteiger partial charge on any atom is -0.396 e. The van der Waals surface area contributed by atoms with E-state index in [2.05, 4.69) is 26.8 Å². The van der Waals surface area contributed by atoms with Gasteiger partial charge in [0.25, 0.3) is 0 Å². The van der Waals surface area contributed by atoms with Crippen LogP contribution in [0.5, 0.6) is 0 Å². The SMILES string of the molecule is CC(C)CC=CC(C)(O)C1C(O)CC2C3CCC4=CC(=O)C=CC4(C)C3CCC21CO. The molecule has 0 heterocycles. The van der Waals surface area contributed by atoms with Gasteiger partial charge in [0.2, 0.25) is 0 Å². The molecule has 8 atom stereocenters. The molecule has 0 aromatic heterocycles. The molecule has 0 bridgehead atoms. The molecule has 0 aromatic rings. The zero-order chi connectivity index (χ0) is 22.6. The molecule has 4 heteroatoms. The summed E-state index contributed by atoms with van der Waals surface area (Å²) in [6.07, 6.45) is 14.1. The molecule has 0 saturated heterocycles. The largest absolute Gasteiger partial charge is 0.396 e. The van der Waals surface area contributed by atoms with E-state index in [1.54, 1.807) is 6.08 Å². The Hall–Kier alpha value is -1.23. The van der Waals surface area contributed by atoms with Crippen molar-refractivity contribution in [1.82, 2.24) is 0 Å². The average Bonchev–Trinajstić information content (AvgIpc) is 3.01. The highest BCUT2D eigenvalue weighted by atomic mass is 16.3. The molecular formula is C27H40O4. The molecule has 8 unspecified atom stereocenters. The Morgan fingerprint density at radius 1 is 1.29 bits per heavy atom. The van der Waals surface area contributed by atoms with Crippen LogP contribution in [0.25, 0.3) is 0 Å². The van der Waals surface area contributed by atoms with Crippen molar-refractivity contribution in [3.63, 3.8) is 0 Å². The van der Waals surface area contributed by atoms with Gasteiger partial charge >= 0.3 is 0 Å². The Bertz CT molecular complexity index is 806. The van der Waals surface area contributed by atoms with Gasteiger partial charge in [0.05, 0.1) is 11.7 Å². The molecule has 4 aliphatic rings. The third-order valence-electron chi connectivity index (χ3n) is 9.30. The first kappa shape index (κ1) is 22.9. The standard InChI is InChI=1S/C27H40O4/c1-17(2)6-5-11-26(4,31)24-23(30)15-22-20-8-7-18-14-19(29)9-12-25(18,3)21(20)10-13-27(22,24)16-28/h5,9,11-12,14,17,20-24,28,30-31H,6-8,10,13,15-16H2,1-4H3. The lowest BCUT2D eigenvalue weighted by Crippen LogP contribution is -2.55. The number of hydrogen-bond donors (Lipinski definition) is 3. The van der Waals surface area contributed by atoms with Gasteiger partial charge in [0.15, 0.2) is 5.78 Å². The maximum absolute atomic E-state index is 12.0. The molecule has 3 N–H and O–H groups in total. The van der Waals surface area contributed by atoms with Gasteiger partial charge in [-0.3, -0.25) is 4.79 Å². The van der Waals surface area contributed by atoms with Gasteiger partial charge < -0.3 is 15.3 Å². The van der Waals surface area contributed by atoms with E-state index in [-0.39, 0.29) is 29.6 Å². The van der Waals surface area contributed by atoms with Crippen LogP contribution in [0.4, 0.5) is 0 Å². The predicted octanol–water partition coefficient (Wildman–Crippen LogP) is 4.21. The van der Waals surface area contributed by atoms with Crippen LogP contribution in [0.15, 0.2) is 36.0 Å². The molecule has 3 fully saturated rings. The van der Waals surface area contributed by atoms with E-state index in [1.165, 1.54) is 5.57 Å². The molecule has 172 valence electrons. The first-order chi connectivity index (χ1) is 14.5. The summed E-state index contributed by atoms with van der Waals surface area (Å²) in [5.41, 5.74) is -0.477. The van der Waals surface area contributed by atoms with Crippen molar-refractivity contribution in [1.29, 1.82) is 0 Å². The van der Waals surface area contributed by atoms with E-state index >= 15 is 0 Å². The summed E-state index contributed by atoms with van der Waals surface area (Å²) in [5, 5.41) is 33.4. The smallest absolute Gasteiger partial charge is 0.178 e. The summed E-state index contributed by atoms with van der Waals surface area (Å²) >= 11 is 0. The van der Waals surface area contributed by atoms with Crippen LogP contribution in [-0.2, 0) is 4.79 Å². The Balaban J connectivity index is 1.66. The van der Waals surface area contributed by atoms with E-state index in [9.17, 15) is 20.1 Å². The summed E-state index contributed by atoms with van der Waals surface area (Å²) in [5.74, 6) is 1.21. The molecule has 0 amide bonds. The molecule has 0 aliphatic heterocycles. The van der Waals surface area contributed by atoms with Crippen molar-refractivity contribution < 1.29 is 20.1 Å². The molecule has 4 rings (SSSR count). The van der Waals surface area contributed by atoms with Crippen LogP contribution in [0.3, 0.4) is 0 Å². The van der Waals surface area contributed by atoms with Gasteiger partial charge in [-0.1, -0.05) is 44.6 Å². The number of hydrogen-bond acceptors (Lipinski definition) is 4. The van der Waals surface area contributed by atoms with Crippen molar-refractivity contribution in [3.8, 4) is 0 Å². The summed E-state index contributed by atoms with van der Waals surface area (Å²) in [6.45, 7) is 8.37. The molecule has 3 saturated carbocycles. The lowest BCUT2D eigenvalue weighted by atomic mass is 9.47. The van der Waals surface area contributed by atoms with Crippen molar-refractivity contribution in [2.24, 2.45) is 40.4 Å². The Morgan fingerprint density at radius 2 is 2.03 bits per heavy atom. The second-order valence-corrected chi connectivity index (χ2v) is 11.6. The zero-order valence-electron chi connectivity index (χ0n) is 19.6. The number of fused-ring (bicyclic) bond motifs is 5. The first-order valence-corrected chi connectivity index (χ1v) is 12.2. The Kier molecular flexibility index (Phi) is 5.90. The van der Waals surface area contributed by atoms with Gasteiger partial charge in [0, 0.05) is 23.4 Å². The molecule has 4 nitrogen and oxygen atoms in total. The van der Waals surface area contributed by atoms with Gasteiger partial charge in [-0.15, -0.1) is 0 Å². The molecule has 0 radical (unpaired) electrons. The van der Waals surface area contributed by atoms with Crippen molar-refractivity contribution >= 4 is 5.78 Å². The van der Waals surface area contributed by atoms with E-state index in [0.717, 1.165) is 32.1 Å². The summed E-state index contributed by atoms with van der Waals surface area (Å²) in [6, 6.07) is 0. The third kappa shape index (κ3) is 3.59. The van der Waals surface area contributed by atoms with Gasteiger partial charge in [-0.2, -0.15) is 0 Å². The fraction of sp³-hybridized carbons (Fsp3) is 0.741. The van der Waals surface area contributed by atoms with E-state index in [0.29, 0.717) is 24.2 Å². The van der Waals surface area contributed by atoms with Crippen molar-refractivity contribution in [2.75, 3.05) is 6.61 Å². The first-order valence-electron chi connectivity index (χ1n) is 12.2. The third-order valence-corrected chi connectivity index (χ3v) is 9.30. The lowest BCUT2D eigenvalue weighted by molar-refractivity contribution is -0.126. The number of aliphatic hydroxyl groups is 3. The minimum atomic E-state index is -1.15. The predicted molar refractivity (Wildman–Crippen MR) is 122 cm³/mol. The van der Waals surface area contributed by atoms with Gasteiger partial charge in [-0.25, -0.2) is 0 Å². The molecule has 0 spiro atoms. The highest BCUT2D eigenvalue weighted by molar-refractivity contribution is 6.01. The van der Waals surface area contributed by atoms with E-state index in [4.69, 9.17) is 0 Å². The van der Waals surface area contributed by atoms with Crippen LogP contribution in [-0.4, -0.2) is 39.4 Å². The van der Waals surface area contributed by atoms with Crippen LogP contribution < -0.4 is 0 Å². The monoisotopic (exact) mass is 428 g/mol. The topological polar surface area (TPSA) is 77.8 Å². The molecular weight excluding hydrogens is 388 g/mol. The zero-order valence-corrected chi connectivity index (χ0v) is 19.6. The minimum absolute atomic E-state index is 0.00448. The number of rotatable bonds is 5. The molecule has 31 heavy (non-hydrogen) atoms. The Labute approximate surface area is 187 Å². The number of allylic oxidation sites excluding steroid dienone is 5. The van der Waals surface area contributed by atoms with E-state index in [1.807, 2.05) is 25.2 Å². The highest BCUT2D eigenvalue weighted by Crippen LogP contribution is 2.67. The second kappa shape index (κ2) is 7.97. The van der Waals surface area contributed by atoms with Crippen LogP contribution in [0, 0.1) is 40.4 Å².